The van der Waals surface area contributed by atoms with Crippen LogP contribution in [0.25, 0.3) is 0 Å². The molecule has 0 aliphatic heterocycles. The van der Waals surface area contributed by atoms with Gasteiger partial charge in [0.2, 0.25) is 5.88 Å². The average Bonchev–Trinajstić information content (AvgIpc) is 2.60. The van der Waals surface area contributed by atoms with Gasteiger partial charge in [0.25, 0.3) is 0 Å². The molecule has 2 aromatic rings. The summed E-state index contributed by atoms with van der Waals surface area (Å²) in [5.74, 6) is 2.12. The van der Waals surface area contributed by atoms with E-state index in [0.29, 0.717) is 29.6 Å². The lowest BCUT2D eigenvalue weighted by molar-refractivity contribution is 0.396. The van der Waals surface area contributed by atoms with Crippen molar-refractivity contribution in [2.45, 2.75) is 6.54 Å². The number of ether oxygens (including phenoxy) is 3. The van der Waals surface area contributed by atoms with E-state index in [0.717, 1.165) is 5.69 Å². The zero-order valence-electron chi connectivity index (χ0n) is 13.8. The van der Waals surface area contributed by atoms with Crippen molar-refractivity contribution in [3.05, 3.63) is 42.1 Å². The Hall–Kier alpha value is -2.23. The molecule has 0 spiro atoms. The first-order valence-electron chi connectivity index (χ1n) is 6.95. The van der Waals surface area contributed by atoms with Gasteiger partial charge in [0.15, 0.2) is 5.96 Å². The number of halogens is 1. The summed E-state index contributed by atoms with van der Waals surface area (Å²) in [6.07, 6.45) is 0. The van der Waals surface area contributed by atoms with Crippen molar-refractivity contribution in [1.82, 2.24) is 4.98 Å². The van der Waals surface area contributed by atoms with Crippen molar-refractivity contribution in [2.24, 2.45) is 10.7 Å². The molecule has 0 saturated carbocycles. The maximum absolute atomic E-state index is 5.92. The molecule has 0 fully saturated rings. The fourth-order valence-electron chi connectivity index (χ4n) is 1.91. The molecule has 0 aliphatic rings. The second-order valence-electron chi connectivity index (χ2n) is 4.56. The highest BCUT2D eigenvalue weighted by atomic mass is 127. The van der Waals surface area contributed by atoms with Gasteiger partial charge in [0.05, 0.1) is 39.3 Å². The number of rotatable bonds is 6. The molecular weight excluding hydrogens is 423 g/mol. The van der Waals surface area contributed by atoms with E-state index < -0.39 is 0 Å². The molecule has 24 heavy (non-hydrogen) atoms. The maximum atomic E-state index is 5.92. The summed E-state index contributed by atoms with van der Waals surface area (Å²) >= 11 is 0. The third kappa shape index (κ3) is 5.44. The Morgan fingerprint density at radius 3 is 2.58 bits per heavy atom. The molecule has 0 radical (unpaired) electrons. The van der Waals surface area contributed by atoms with Crippen LogP contribution in [-0.4, -0.2) is 32.3 Å². The lowest BCUT2D eigenvalue weighted by Crippen LogP contribution is -2.23. The Kier molecular flexibility index (Phi) is 8.10. The minimum absolute atomic E-state index is 0. The van der Waals surface area contributed by atoms with Crippen LogP contribution in [0, 0.1) is 0 Å². The van der Waals surface area contributed by atoms with Gasteiger partial charge in [-0.05, 0) is 18.2 Å². The third-order valence-electron chi connectivity index (χ3n) is 3.07. The van der Waals surface area contributed by atoms with Crippen molar-refractivity contribution in [2.75, 3.05) is 26.6 Å². The highest BCUT2D eigenvalue weighted by Crippen LogP contribution is 2.28. The van der Waals surface area contributed by atoms with Gasteiger partial charge >= 0.3 is 0 Å². The number of nitrogens with zero attached hydrogens (tertiary/aromatic N) is 2. The van der Waals surface area contributed by atoms with E-state index in [1.807, 2.05) is 12.1 Å². The highest BCUT2D eigenvalue weighted by molar-refractivity contribution is 14.0. The molecule has 0 amide bonds. The highest BCUT2D eigenvalue weighted by Gasteiger charge is 2.06. The van der Waals surface area contributed by atoms with Crippen molar-refractivity contribution < 1.29 is 14.2 Å². The quantitative estimate of drug-likeness (QED) is 0.405. The van der Waals surface area contributed by atoms with Gasteiger partial charge in [0, 0.05) is 12.1 Å². The molecule has 0 atom stereocenters. The molecule has 7 nitrogen and oxygen atoms in total. The number of nitrogens with one attached hydrogen (secondary N) is 1. The van der Waals surface area contributed by atoms with Gasteiger partial charge < -0.3 is 25.3 Å². The van der Waals surface area contributed by atoms with Gasteiger partial charge in [-0.2, -0.15) is 0 Å². The fraction of sp³-hybridized carbons (Fsp3) is 0.250. The predicted molar refractivity (Wildman–Crippen MR) is 105 cm³/mol. The third-order valence-corrected chi connectivity index (χ3v) is 3.07. The van der Waals surface area contributed by atoms with Gasteiger partial charge in [-0.15, -0.1) is 24.0 Å². The lowest BCUT2D eigenvalue weighted by Gasteiger charge is -2.12. The number of aliphatic imine (C=N–C) groups is 1. The second kappa shape index (κ2) is 9.81. The molecule has 1 heterocycles. The van der Waals surface area contributed by atoms with Crippen LogP contribution in [0.5, 0.6) is 17.4 Å². The number of nitrogens with two attached hydrogens (primary N) is 1. The largest absolute Gasteiger partial charge is 0.497 e. The van der Waals surface area contributed by atoms with Crippen molar-refractivity contribution in [3.8, 4) is 17.4 Å². The summed E-state index contributed by atoms with van der Waals surface area (Å²) in [5, 5.41) is 3.00. The molecule has 0 bridgehead atoms. The van der Waals surface area contributed by atoms with Gasteiger partial charge in [-0.1, -0.05) is 6.07 Å². The summed E-state index contributed by atoms with van der Waals surface area (Å²) < 4.78 is 15.5. The van der Waals surface area contributed by atoms with Crippen LogP contribution in [0.3, 0.4) is 0 Å². The monoisotopic (exact) mass is 444 g/mol. The normalized spacial score (nSPS) is 10.5. The van der Waals surface area contributed by atoms with E-state index in [2.05, 4.69) is 15.3 Å². The average molecular weight is 444 g/mol. The van der Waals surface area contributed by atoms with Crippen molar-refractivity contribution in [3.63, 3.8) is 0 Å². The molecule has 0 saturated heterocycles. The minimum Gasteiger partial charge on any atom is -0.497 e. The number of hydrogen-bond donors (Lipinski definition) is 2. The smallest absolute Gasteiger partial charge is 0.213 e. The first kappa shape index (κ1) is 19.8. The summed E-state index contributed by atoms with van der Waals surface area (Å²) in [4.78, 5) is 8.54. The zero-order chi connectivity index (χ0) is 16.7. The Balaban J connectivity index is 0.00000288. The Morgan fingerprint density at radius 1 is 1.12 bits per heavy atom. The van der Waals surface area contributed by atoms with Crippen molar-refractivity contribution in [1.29, 1.82) is 0 Å². The van der Waals surface area contributed by atoms with Crippen LogP contribution in [0.1, 0.15) is 5.69 Å². The first-order valence-corrected chi connectivity index (χ1v) is 6.95. The zero-order valence-corrected chi connectivity index (χ0v) is 16.1. The number of anilines is 1. The Morgan fingerprint density at radius 2 is 1.92 bits per heavy atom. The topological polar surface area (TPSA) is 91.0 Å². The van der Waals surface area contributed by atoms with Crippen LogP contribution in [0.4, 0.5) is 5.69 Å². The number of benzene rings is 1. The van der Waals surface area contributed by atoms with Gasteiger partial charge in [0.1, 0.15) is 11.5 Å². The predicted octanol–water partition coefficient (Wildman–Crippen LogP) is 2.65. The number of methoxy groups -OCH3 is 3. The SMILES string of the molecule is COc1ccc(OC)c(NC(N)=NCc2cccc(OC)n2)c1.I. The molecule has 0 unspecified atom stereocenters. The molecule has 8 heteroatoms. The van der Waals surface area contributed by atoms with Gasteiger partial charge in [-0.25, -0.2) is 9.98 Å². The molecule has 3 N–H and O–H groups in total. The lowest BCUT2D eigenvalue weighted by atomic mass is 10.2. The summed E-state index contributed by atoms with van der Waals surface area (Å²) in [5.41, 5.74) is 7.35. The molecule has 130 valence electrons. The van der Waals surface area contributed by atoms with E-state index in [1.165, 1.54) is 0 Å². The van der Waals surface area contributed by atoms with Crippen LogP contribution >= 0.6 is 24.0 Å². The fourth-order valence-corrected chi connectivity index (χ4v) is 1.91. The first-order chi connectivity index (χ1) is 11.2. The van der Waals surface area contributed by atoms with Crippen molar-refractivity contribution >= 4 is 35.6 Å². The van der Waals surface area contributed by atoms with Crippen LogP contribution in [0.15, 0.2) is 41.4 Å². The van der Waals surface area contributed by atoms with Crippen LogP contribution < -0.4 is 25.3 Å². The van der Waals surface area contributed by atoms with E-state index in [4.69, 9.17) is 19.9 Å². The molecule has 2 rings (SSSR count). The number of aromatic nitrogens is 1. The number of pyridine rings is 1. The molecular formula is C16H21IN4O3. The molecule has 0 aliphatic carbocycles. The second-order valence-corrected chi connectivity index (χ2v) is 4.56. The summed E-state index contributed by atoms with van der Waals surface area (Å²) in [6, 6.07) is 10.9. The number of guanidine groups is 1. The summed E-state index contributed by atoms with van der Waals surface area (Å²) in [6.45, 7) is 0.336. The van der Waals surface area contributed by atoms with Gasteiger partial charge in [-0.3, -0.25) is 0 Å². The Bertz CT molecular complexity index is 695. The van der Waals surface area contributed by atoms with Crippen LogP contribution in [0.2, 0.25) is 0 Å². The van der Waals surface area contributed by atoms with E-state index in [1.54, 1.807) is 45.6 Å². The number of hydrogen-bond acceptors (Lipinski definition) is 5. The standard InChI is InChI=1S/C16H20N4O3.HI/c1-21-12-7-8-14(22-2)13(9-12)20-16(17)18-10-11-5-4-6-15(19-11)23-3;/h4-9H,10H2,1-3H3,(H3,17,18,20);1H. The molecule has 1 aromatic carbocycles. The molecule has 1 aromatic heterocycles. The Labute approximate surface area is 158 Å². The minimum atomic E-state index is 0. The van der Waals surface area contributed by atoms with E-state index >= 15 is 0 Å². The van der Waals surface area contributed by atoms with Crippen LogP contribution in [-0.2, 0) is 6.54 Å². The summed E-state index contributed by atoms with van der Waals surface area (Å²) in [7, 11) is 4.75. The maximum Gasteiger partial charge on any atom is 0.213 e. The van der Waals surface area contributed by atoms with E-state index in [-0.39, 0.29) is 29.9 Å². The van der Waals surface area contributed by atoms with E-state index in [9.17, 15) is 0 Å².